The molecule has 1 rings (SSSR count). The van der Waals surface area contributed by atoms with Gasteiger partial charge in [0.15, 0.2) is 0 Å². The predicted molar refractivity (Wildman–Crippen MR) is 57.0 cm³/mol. The highest BCUT2D eigenvalue weighted by Gasteiger charge is 2.02. The molecule has 4 nitrogen and oxygen atoms in total. The molecule has 0 aliphatic carbocycles. The lowest BCUT2D eigenvalue weighted by molar-refractivity contribution is 0.553. The van der Waals surface area contributed by atoms with Crippen LogP contribution in [0.3, 0.4) is 0 Å². The standard InChI is InChI=1S/C10H12N3O/c1-11-12-7-8-13(9-14)10-5-3-2-4-6-10/h2-7,11H,8H2,1H3. The van der Waals surface area contributed by atoms with Gasteiger partial charge in [-0.25, -0.2) is 0 Å². The van der Waals surface area contributed by atoms with E-state index in [1.807, 2.05) is 36.7 Å². The molecule has 0 aromatic heterocycles. The molecular formula is C10H12N3O. The summed E-state index contributed by atoms with van der Waals surface area (Å²) < 4.78 is 0. The van der Waals surface area contributed by atoms with Crippen LogP contribution in [-0.4, -0.2) is 26.2 Å². The summed E-state index contributed by atoms with van der Waals surface area (Å²) in [5.74, 6) is 0. The zero-order valence-electron chi connectivity index (χ0n) is 7.97. The van der Waals surface area contributed by atoms with Crippen LogP contribution in [-0.2, 0) is 4.79 Å². The minimum absolute atomic E-state index is 0.411. The quantitative estimate of drug-likeness (QED) is 0.423. The van der Waals surface area contributed by atoms with Gasteiger partial charge in [-0.15, -0.1) is 0 Å². The fraction of sp³-hybridized carbons (Fsp3) is 0.200. The summed E-state index contributed by atoms with van der Waals surface area (Å²) in [6, 6.07) is 9.33. The fourth-order valence-corrected chi connectivity index (χ4v) is 1.02. The molecule has 0 spiro atoms. The summed E-state index contributed by atoms with van der Waals surface area (Å²) in [5, 5.41) is 3.79. The summed E-state index contributed by atoms with van der Waals surface area (Å²) in [6.07, 6.45) is 3.45. The van der Waals surface area contributed by atoms with Crippen molar-refractivity contribution in [2.75, 3.05) is 18.5 Å². The second-order valence-corrected chi connectivity index (χ2v) is 2.57. The normalized spacial score (nSPS) is 10.1. The van der Waals surface area contributed by atoms with Crippen molar-refractivity contribution in [3.05, 3.63) is 30.3 Å². The molecule has 73 valence electrons. The van der Waals surface area contributed by atoms with Crippen molar-refractivity contribution in [3.63, 3.8) is 0 Å². The zero-order valence-corrected chi connectivity index (χ0v) is 7.97. The third kappa shape index (κ3) is 2.90. The number of amides is 1. The topological polar surface area (TPSA) is 44.7 Å². The van der Waals surface area contributed by atoms with E-state index in [1.165, 1.54) is 4.90 Å². The zero-order chi connectivity index (χ0) is 10.2. The molecule has 1 amide bonds. The number of rotatable bonds is 5. The minimum Gasteiger partial charge on any atom is -0.313 e. The molecule has 1 N–H and O–H groups in total. The van der Waals surface area contributed by atoms with E-state index >= 15 is 0 Å². The summed E-state index contributed by atoms with van der Waals surface area (Å²) in [7, 11) is 1.70. The SMILES string of the molecule is CNN=CCN([C]=O)c1ccccc1. The first-order valence-electron chi connectivity index (χ1n) is 4.27. The molecular weight excluding hydrogens is 178 g/mol. The van der Waals surface area contributed by atoms with E-state index in [1.54, 1.807) is 13.3 Å². The molecule has 1 aromatic carbocycles. The monoisotopic (exact) mass is 190 g/mol. The molecule has 0 fully saturated rings. The van der Waals surface area contributed by atoms with Gasteiger partial charge in [0.25, 0.3) is 0 Å². The second kappa shape index (κ2) is 5.75. The first-order valence-corrected chi connectivity index (χ1v) is 4.27. The number of anilines is 1. The Hall–Kier alpha value is -1.84. The molecule has 0 saturated heterocycles. The summed E-state index contributed by atoms with van der Waals surface area (Å²) in [5.41, 5.74) is 3.42. The Labute approximate surface area is 83.2 Å². The predicted octanol–water partition coefficient (Wildman–Crippen LogP) is 0.765. The maximum absolute atomic E-state index is 10.6. The van der Waals surface area contributed by atoms with Crippen LogP contribution in [0.1, 0.15) is 0 Å². The van der Waals surface area contributed by atoms with E-state index < -0.39 is 0 Å². The van der Waals surface area contributed by atoms with Crippen LogP contribution in [0.25, 0.3) is 0 Å². The molecule has 0 bridgehead atoms. The molecule has 1 radical (unpaired) electrons. The van der Waals surface area contributed by atoms with Gasteiger partial charge in [-0.2, -0.15) is 5.10 Å². The third-order valence-corrected chi connectivity index (χ3v) is 1.66. The number of hydrogen-bond acceptors (Lipinski definition) is 3. The van der Waals surface area contributed by atoms with Crippen LogP contribution in [0.2, 0.25) is 0 Å². The lowest BCUT2D eigenvalue weighted by Gasteiger charge is -2.12. The van der Waals surface area contributed by atoms with Crippen molar-refractivity contribution in [3.8, 4) is 0 Å². The van der Waals surface area contributed by atoms with Crippen molar-refractivity contribution in [2.45, 2.75) is 0 Å². The van der Waals surface area contributed by atoms with Gasteiger partial charge < -0.3 is 5.43 Å². The number of hydrazone groups is 1. The van der Waals surface area contributed by atoms with E-state index in [0.29, 0.717) is 6.54 Å². The minimum atomic E-state index is 0.411. The average Bonchev–Trinajstić information content (AvgIpc) is 2.26. The van der Waals surface area contributed by atoms with Crippen LogP contribution < -0.4 is 10.3 Å². The Morgan fingerprint density at radius 2 is 2.21 bits per heavy atom. The number of carbonyl (C=O) groups excluding carboxylic acids is 1. The van der Waals surface area contributed by atoms with Gasteiger partial charge in [0.1, 0.15) is 0 Å². The van der Waals surface area contributed by atoms with Gasteiger partial charge in [0.05, 0.1) is 6.54 Å². The van der Waals surface area contributed by atoms with Gasteiger partial charge in [-0.3, -0.25) is 9.69 Å². The van der Waals surface area contributed by atoms with Crippen molar-refractivity contribution in [1.82, 2.24) is 5.43 Å². The Bertz CT molecular complexity index is 297. The first kappa shape index (κ1) is 10.2. The molecule has 0 aliphatic heterocycles. The van der Waals surface area contributed by atoms with Crippen molar-refractivity contribution in [2.24, 2.45) is 5.10 Å². The van der Waals surface area contributed by atoms with E-state index in [9.17, 15) is 4.79 Å². The summed E-state index contributed by atoms with van der Waals surface area (Å²) >= 11 is 0. The van der Waals surface area contributed by atoms with Crippen LogP contribution in [0.15, 0.2) is 35.4 Å². The van der Waals surface area contributed by atoms with E-state index in [-0.39, 0.29) is 0 Å². The molecule has 0 atom stereocenters. The summed E-state index contributed by atoms with van der Waals surface area (Å²) in [4.78, 5) is 12.1. The van der Waals surface area contributed by atoms with E-state index in [0.717, 1.165) is 5.69 Å². The van der Waals surface area contributed by atoms with Crippen LogP contribution in [0.4, 0.5) is 5.69 Å². The lowest BCUT2D eigenvalue weighted by atomic mass is 10.3. The maximum Gasteiger partial charge on any atom is 0.317 e. The molecule has 0 aliphatic rings. The molecule has 14 heavy (non-hydrogen) atoms. The molecule has 0 saturated carbocycles. The van der Waals surface area contributed by atoms with E-state index in [4.69, 9.17) is 0 Å². The highest BCUT2D eigenvalue weighted by molar-refractivity contribution is 5.81. The number of nitrogens with zero attached hydrogens (tertiary/aromatic N) is 2. The second-order valence-electron chi connectivity index (χ2n) is 2.57. The largest absolute Gasteiger partial charge is 0.317 e. The van der Waals surface area contributed by atoms with Crippen LogP contribution >= 0.6 is 0 Å². The third-order valence-electron chi connectivity index (χ3n) is 1.66. The Morgan fingerprint density at radius 1 is 1.50 bits per heavy atom. The lowest BCUT2D eigenvalue weighted by Crippen LogP contribution is -2.23. The van der Waals surface area contributed by atoms with Crippen LogP contribution in [0.5, 0.6) is 0 Å². The van der Waals surface area contributed by atoms with Gasteiger partial charge in [-0.05, 0) is 12.1 Å². The highest BCUT2D eigenvalue weighted by atomic mass is 16.1. The Kier molecular flexibility index (Phi) is 4.20. The highest BCUT2D eigenvalue weighted by Crippen LogP contribution is 2.09. The average molecular weight is 190 g/mol. The molecule has 0 heterocycles. The fourth-order valence-electron chi connectivity index (χ4n) is 1.02. The summed E-state index contributed by atoms with van der Waals surface area (Å²) in [6.45, 7) is 0.411. The smallest absolute Gasteiger partial charge is 0.313 e. The van der Waals surface area contributed by atoms with Crippen molar-refractivity contribution < 1.29 is 4.79 Å². The molecule has 0 unspecified atom stereocenters. The Morgan fingerprint density at radius 3 is 2.79 bits per heavy atom. The molecule has 1 aromatic rings. The molecule has 4 heteroatoms. The van der Waals surface area contributed by atoms with Gasteiger partial charge in [0.2, 0.25) is 0 Å². The van der Waals surface area contributed by atoms with Gasteiger partial charge >= 0.3 is 6.41 Å². The van der Waals surface area contributed by atoms with Crippen LogP contribution in [0, 0.1) is 0 Å². The first-order chi connectivity index (χ1) is 6.88. The van der Waals surface area contributed by atoms with Crippen molar-refractivity contribution >= 4 is 18.3 Å². The van der Waals surface area contributed by atoms with Gasteiger partial charge in [-0.1, -0.05) is 18.2 Å². The maximum atomic E-state index is 10.6. The number of para-hydroxylation sites is 1. The number of hydrogen-bond donors (Lipinski definition) is 1. The van der Waals surface area contributed by atoms with Gasteiger partial charge in [0, 0.05) is 18.9 Å². The Balaban J connectivity index is 2.63. The van der Waals surface area contributed by atoms with E-state index in [2.05, 4.69) is 10.5 Å². The number of benzene rings is 1. The number of nitrogens with one attached hydrogen (secondary N) is 1. The van der Waals surface area contributed by atoms with Crippen molar-refractivity contribution in [1.29, 1.82) is 0 Å².